The van der Waals surface area contributed by atoms with Gasteiger partial charge in [0.1, 0.15) is 0 Å². The molecule has 0 aliphatic heterocycles. The van der Waals surface area contributed by atoms with Crippen LogP contribution in [0.25, 0.3) is 11.0 Å². The molecule has 0 aliphatic carbocycles. The molecule has 1 amide bonds. The second-order valence-corrected chi connectivity index (χ2v) is 3.13. The molecule has 0 saturated carbocycles. The summed E-state index contributed by atoms with van der Waals surface area (Å²) in [6.07, 6.45) is -1.04. The van der Waals surface area contributed by atoms with Crippen LogP contribution in [0.5, 0.6) is 0 Å². The van der Waals surface area contributed by atoms with Crippen molar-refractivity contribution in [3.8, 4) is 0 Å². The zero-order valence-electron chi connectivity index (χ0n) is 7.82. The second kappa shape index (κ2) is 3.49. The van der Waals surface area contributed by atoms with Crippen LogP contribution in [-0.2, 0) is 6.54 Å². The number of hydrogen-bond acceptors (Lipinski definition) is 3. The van der Waals surface area contributed by atoms with Crippen LogP contribution in [0, 0.1) is 0 Å². The number of hydrogen-bond donors (Lipinski definition) is 4. The minimum Gasteiger partial charge on any atom is -0.465 e. The highest BCUT2D eigenvalue weighted by molar-refractivity contribution is 5.77. The number of nitrogens with one attached hydrogen (secondary N) is 2. The highest BCUT2D eigenvalue weighted by Gasteiger charge is 2.02. The highest BCUT2D eigenvalue weighted by atomic mass is 16.4. The first-order valence-electron chi connectivity index (χ1n) is 4.36. The van der Waals surface area contributed by atoms with E-state index in [-0.39, 0.29) is 6.54 Å². The number of aromatic amines is 1. The molecule has 1 heterocycles. The maximum absolute atomic E-state index is 10.3. The Bertz CT molecular complexity index is 506. The van der Waals surface area contributed by atoms with Gasteiger partial charge in [-0.15, -0.1) is 0 Å². The molecule has 6 nitrogen and oxygen atoms in total. The molecule has 2 aromatic rings. The third-order valence-electron chi connectivity index (χ3n) is 2.01. The molecule has 0 saturated heterocycles. The second-order valence-electron chi connectivity index (χ2n) is 3.13. The first kappa shape index (κ1) is 9.32. The topological polar surface area (TPSA) is 104 Å². The summed E-state index contributed by atoms with van der Waals surface area (Å²) in [6, 6.07) is 5.41. The normalized spacial score (nSPS) is 10.4. The van der Waals surface area contributed by atoms with Gasteiger partial charge in [0.05, 0.1) is 11.0 Å². The molecule has 0 bridgehead atoms. The van der Waals surface area contributed by atoms with Gasteiger partial charge < -0.3 is 21.1 Å². The molecule has 5 N–H and O–H groups in total. The molecule has 0 spiro atoms. The van der Waals surface area contributed by atoms with Crippen molar-refractivity contribution in [3.05, 3.63) is 23.8 Å². The Morgan fingerprint density at radius 3 is 3.13 bits per heavy atom. The van der Waals surface area contributed by atoms with Gasteiger partial charge in [0.2, 0.25) is 0 Å². The number of benzene rings is 1. The van der Waals surface area contributed by atoms with E-state index in [9.17, 15) is 4.79 Å². The fourth-order valence-corrected chi connectivity index (χ4v) is 1.36. The first-order valence-corrected chi connectivity index (χ1v) is 4.36. The number of rotatable bonds is 2. The minimum atomic E-state index is -1.04. The van der Waals surface area contributed by atoms with E-state index in [1.807, 2.05) is 6.07 Å². The van der Waals surface area contributed by atoms with Crippen LogP contribution in [0.2, 0.25) is 0 Å². The van der Waals surface area contributed by atoms with Gasteiger partial charge in [-0.1, -0.05) is 6.07 Å². The van der Waals surface area contributed by atoms with Crippen molar-refractivity contribution in [1.82, 2.24) is 15.3 Å². The van der Waals surface area contributed by atoms with E-state index in [0.29, 0.717) is 5.95 Å². The fourth-order valence-electron chi connectivity index (χ4n) is 1.36. The largest absolute Gasteiger partial charge is 0.465 e. The van der Waals surface area contributed by atoms with Crippen molar-refractivity contribution in [1.29, 1.82) is 0 Å². The number of nitrogens with zero attached hydrogens (tertiary/aromatic N) is 1. The molecule has 0 aliphatic rings. The Hall–Kier alpha value is -2.24. The lowest BCUT2D eigenvalue weighted by Gasteiger charge is -2.00. The SMILES string of the molecule is Nc1nc2ccc(CNC(=O)O)cc2[nH]1. The van der Waals surface area contributed by atoms with Gasteiger partial charge in [-0.2, -0.15) is 0 Å². The summed E-state index contributed by atoms with van der Waals surface area (Å²) in [5.74, 6) is 0.355. The number of fused-ring (bicyclic) bond motifs is 1. The maximum Gasteiger partial charge on any atom is 0.404 e. The average Bonchev–Trinajstić information content (AvgIpc) is 2.53. The number of H-pyrrole nitrogens is 1. The smallest absolute Gasteiger partial charge is 0.404 e. The van der Waals surface area contributed by atoms with E-state index in [0.717, 1.165) is 16.6 Å². The summed E-state index contributed by atoms with van der Waals surface area (Å²) in [5, 5.41) is 10.7. The zero-order chi connectivity index (χ0) is 10.8. The quantitative estimate of drug-likeness (QED) is 0.586. The summed E-state index contributed by atoms with van der Waals surface area (Å²) in [7, 11) is 0. The Morgan fingerprint density at radius 1 is 1.60 bits per heavy atom. The molecule has 1 aromatic heterocycles. The summed E-state index contributed by atoms with van der Waals surface area (Å²) in [5.41, 5.74) is 7.91. The van der Waals surface area contributed by atoms with Crippen molar-refractivity contribution in [2.24, 2.45) is 0 Å². The lowest BCUT2D eigenvalue weighted by Crippen LogP contribution is -2.19. The number of nitrogens with two attached hydrogens (primary N) is 1. The minimum absolute atomic E-state index is 0.268. The number of amides is 1. The molecule has 6 heteroatoms. The van der Waals surface area contributed by atoms with Crippen LogP contribution < -0.4 is 11.1 Å². The summed E-state index contributed by atoms with van der Waals surface area (Å²) >= 11 is 0. The number of imidazole rings is 1. The number of carboxylic acid groups (broad SMARTS) is 1. The molecule has 15 heavy (non-hydrogen) atoms. The van der Waals surface area contributed by atoms with Gasteiger partial charge in [0.25, 0.3) is 0 Å². The molecule has 2 rings (SSSR count). The number of carbonyl (C=O) groups is 1. The molecule has 1 aromatic carbocycles. The van der Waals surface area contributed by atoms with E-state index in [2.05, 4.69) is 15.3 Å². The number of aromatic nitrogens is 2. The van der Waals surface area contributed by atoms with Crippen molar-refractivity contribution in [2.45, 2.75) is 6.54 Å². The van der Waals surface area contributed by atoms with E-state index in [1.165, 1.54) is 0 Å². The van der Waals surface area contributed by atoms with Crippen molar-refractivity contribution < 1.29 is 9.90 Å². The molecular weight excluding hydrogens is 196 g/mol. The third-order valence-corrected chi connectivity index (χ3v) is 2.01. The van der Waals surface area contributed by atoms with Crippen molar-refractivity contribution >= 4 is 23.1 Å². The van der Waals surface area contributed by atoms with Gasteiger partial charge >= 0.3 is 6.09 Å². The maximum atomic E-state index is 10.3. The van der Waals surface area contributed by atoms with E-state index >= 15 is 0 Å². The van der Waals surface area contributed by atoms with Crippen LogP contribution in [0.3, 0.4) is 0 Å². The van der Waals surface area contributed by atoms with Crippen LogP contribution in [0.1, 0.15) is 5.56 Å². The Morgan fingerprint density at radius 2 is 2.40 bits per heavy atom. The first-order chi connectivity index (χ1) is 7.15. The summed E-state index contributed by atoms with van der Waals surface area (Å²) in [4.78, 5) is 17.2. The Kier molecular flexibility index (Phi) is 2.17. The summed E-state index contributed by atoms with van der Waals surface area (Å²) < 4.78 is 0. The van der Waals surface area contributed by atoms with Crippen LogP contribution in [0.4, 0.5) is 10.7 Å². The van der Waals surface area contributed by atoms with Gasteiger partial charge in [0, 0.05) is 6.54 Å². The predicted octanol–water partition coefficient (Wildman–Crippen LogP) is 0.913. The lowest BCUT2D eigenvalue weighted by molar-refractivity contribution is 0.194. The number of nitrogen functional groups attached to an aromatic ring is 1. The summed E-state index contributed by atoms with van der Waals surface area (Å²) in [6.45, 7) is 0.268. The molecular formula is C9H10N4O2. The van der Waals surface area contributed by atoms with Gasteiger partial charge in [-0.3, -0.25) is 0 Å². The van der Waals surface area contributed by atoms with Crippen LogP contribution >= 0.6 is 0 Å². The Labute approximate surface area is 85.1 Å². The van der Waals surface area contributed by atoms with Gasteiger partial charge in [0.15, 0.2) is 5.95 Å². The molecule has 0 unspecified atom stereocenters. The van der Waals surface area contributed by atoms with Crippen LogP contribution in [-0.4, -0.2) is 21.2 Å². The fraction of sp³-hybridized carbons (Fsp3) is 0.111. The average molecular weight is 206 g/mol. The van der Waals surface area contributed by atoms with E-state index in [1.54, 1.807) is 12.1 Å². The van der Waals surface area contributed by atoms with Crippen molar-refractivity contribution in [2.75, 3.05) is 5.73 Å². The third kappa shape index (κ3) is 1.98. The van der Waals surface area contributed by atoms with E-state index < -0.39 is 6.09 Å². The zero-order valence-corrected chi connectivity index (χ0v) is 7.82. The number of anilines is 1. The predicted molar refractivity (Wildman–Crippen MR) is 55.4 cm³/mol. The lowest BCUT2D eigenvalue weighted by atomic mass is 10.2. The molecule has 78 valence electrons. The monoisotopic (exact) mass is 206 g/mol. The van der Waals surface area contributed by atoms with Crippen LogP contribution in [0.15, 0.2) is 18.2 Å². The van der Waals surface area contributed by atoms with Gasteiger partial charge in [-0.25, -0.2) is 9.78 Å². The molecule has 0 radical (unpaired) electrons. The van der Waals surface area contributed by atoms with E-state index in [4.69, 9.17) is 10.8 Å². The molecule has 0 atom stereocenters. The van der Waals surface area contributed by atoms with Gasteiger partial charge in [-0.05, 0) is 17.7 Å². The standard InChI is InChI=1S/C9H10N4O2/c10-8-12-6-2-1-5(3-7(6)13-8)4-11-9(14)15/h1-3,11H,4H2,(H,14,15)(H3,10,12,13). The highest BCUT2D eigenvalue weighted by Crippen LogP contribution is 2.14. The molecule has 0 fully saturated rings. The Balaban J connectivity index is 2.26. The van der Waals surface area contributed by atoms with Crippen molar-refractivity contribution in [3.63, 3.8) is 0 Å².